The largest absolute Gasteiger partial charge is 0.508 e. The second-order valence-corrected chi connectivity index (χ2v) is 4.57. The maximum Gasteiger partial charge on any atom is 0.335 e. The average molecular weight is 280 g/mol. The van der Waals surface area contributed by atoms with Gasteiger partial charge in [-0.2, -0.15) is 0 Å². The molecular weight excluding hydrogens is 268 g/mol. The number of aromatic nitrogens is 2. The second kappa shape index (κ2) is 5.13. The smallest absolute Gasteiger partial charge is 0.335 e. The third-order valence-corrected chi connectivity index (χ3v) is 3.16. The van der Waals surface area contributed by atoms with E-state index in [9.17, 15) is 9.90 Å². The Kier molecular flexibility index (Phi) is 3.16. The van der Waals surface area contributed by atoms with E-state index in [2.05, 4.69) is 4.98 Å². The molecule has 0 aliphatic heterocycles. The fourth-order valence-corrected chi connectivity index (χ4v) is 2.02. The summed E-state index contributed by atoms with van der Waals surface area (Å²) in [6, 6.07) is 13.4. The zero-order valence-corrected chi connectivity index (χ0v) is 11.0. The number of benzene rings is 2. The zero-order valence-electron chi connectivity index (χ0n) is 11.0. The van der Waals surface area contributed by atoms with Crippen molar-refractivity contribution in [2.75, 3.05) is 0 Å². The SMILES string of the molecule is O=C(O)c1ccc(-c2cn(-c3ccc(O)cc3)cn2)cc1. The molecule has 1 heterocycles. The number of phenolic OH excluding ortho intramolecular Hbond substituents is 1. The van der Waals surface area contributed by atoms with Crippen molar-refractivity contribution in [2.45, 2.75) is 0 Å². The van der Waals surface area contributed by atoms with E-state index in [1.807, 2.05) is 10.8 Å². The van der Waals surface area contributed by atoms with Gasteiger partial charge in [0.15, 0.2) is 0 Å². The Morgan fingerprint density at radius 1 is 1.00 bits per heavy atom. The Bertz CT molecular complexity index is 774. The molecule has 0 atom stereocenters. The monoisotopic (exact) mass is 280 g/mol. The third kappa shape index (κ3) is 2.62. The van der Waals surface area contributed by atoms with Gasteiger partial charge in [0.25, 0.3) is 0 Å². The number of carboxylic acids is 1. The summed E-state index contributed by atoms with van der Waals surface area (Å²) in [6.45, 7) is 0. The molecule has 0 fully saturated rings. The fraction of sp³-hybridized carbons (Fsp3) is 0. The number of rotatable bonds is 3. The Balaban J connectivity index is 1.90. The number of aromatic carboxylic acids is 1. The van der Waals surface area contributed by atoms with Crippen molar-refractivity contribution in [3.63, 3.8) is 0 Å². The number of imidazole rings is 1. The molecule has 104 valence electrons. The highest BCUT2D eigenvalue weighted by atomic mass is 16.4. The number of carbonyl (C=O) groups is 1. The summed E-state index contributed by atoms with van der Waals surface area (Å²) in [4.78, 5) is 15.1. The van der Waals surface area contributed by atoms with Gasteiger partial charge in [-0.3, -0.25) is 0 Å². The van der Waals surface area contributed by atoms with Gasteiger partial charge in [-0.05, 0) is 36.4 Å². The first-order valence-electron chi connectivity index (χ1n) is 6.30. The predicted molar refractivity (Wildman–Crippen MR) is 77.6 cm³/mol. The van der Waals surface area contributed by atoms with Gasteiger partial charge >= 0.3 is 5.97 Å². The second-order valence-electron chi connectivity index (χ2n) is 4.57. The molecule has 0 bridgehead atoms. The molecule has 0 spiro atoms. The highest BCUT2D eigenvalue weighted by Crippen LogP contribution is 2.20. The quantitative estimate of drug-likeness (QED) is 0.773. The van der Waals surface area contributed by atoms with Crippen molar-refractivity contribution in [3.05, 3.63) is 66.6 Å². The van der Waals surface area contributed by atoms with Crippen LogP contribution in [0.3, 0.4) is 0 Å². The lowest BCUT2D eigenvalue weighted by Gasteiger charge is -2.01. The molecule has 0 aliphatic rings. The molecule has 1 aromatic heterocycles. The molecule has 2 aromatic carbocycles. The van der Waals surface area contributed by atoms with Gasteiger partial charge in [0.05, 0.1) is 17.6 Å². The number of carboxylic acid groups (broad SMARTS) is 1. The van der Waals surface area contributed by atoms with E-state index in [0.29, 0.717) is 0 Å². The van der Waals surface area contributed by atoms with Crippen molar-refractivity contribution in [3.8, 4) is 22.7 Å². The highest BCUT2D eigenvalue weighted by molar-refractivity contribution is 5.88. The molecule has 0 saturated carbocycles. The van der Waals surface area contributed by atoms with Crippen LogP contribution in [0, 0.1) is 0 Å². The first kappa shape index (κ1) is 12.9. The fourth-order valence-electron chi connectivity index (χ4n) is 2.02. The molecular formula is C16H12N2O3. The molecule has 3 rings (SSSR count). The normalized spacial score (nSPS) is 10.5. The Morgan fingerprint density at radius 2 is 1.67 bits per heavy atom. The number of hydrogen-bond acceptors (Lipinski definition) is 3. The summed E-state index contributed by atoms with van der Waals surface area (Å²) in [5.41, 5.74) is 2.72. The first-order valence-corrected chi connectivity index (χ1v) is 6.30. The van der Waals surface area contributed by atoms with Crippen LogP contribution in [-0.4, -0.2) is 25.7 Å². The van der Waals surface area contributed by atoms with Crippen molar-refractivity contribution in [2.24, 2.45) is 0 Å². The Labute approximate surface area is 120 Å². The van der Waals surface area contributed by atoms with Crippen LogP contribution in [0.2, 0.25) is 0 Å². The minimum Gasteiger partial charge on any atom is -0.508 e. The number of hydrogen-bond donors (Lipinski definition) is 2. The summed E-state index contributed by atoms with van der Waals surface area (Å²) in [5.74, 6) is -0.737. The molecule has 0 unspecified atom stereocenters. The first-order chi connectivity index (χ1) is 10.1. The summed E-state index contributed by atoms with van der Waals surface area (Å²) in [6.07, 6.45) is 3.52. The van der Waals surface area contributed by atoms with Crippen molar-refractivity contribution < 1.29 is 15.0 Å². The van der Waals surface area contributed by atoms with Crippen LogP contribution in [0.5, 0.6) is 5.75 Å². The van der Waals surface area contributed by atoms with Gasteiger partial charge in [0, 0.05) is 17.4 Å². The van der Waals surface area contributed by atoms with E-state index in [4.69, 9.17) is 5.11 Å². The van der Waals surface area contributed by atoms with Crippen molar-refractivity contribution in [1.29, 1.82) is 0 Å². The van der Waals surface area contributed by atoms with E-state index >= 15 is 0 Å². The van der Waals surface area contributed by atoms with E-state index in [1.165, 1.54) is 0 Å². The highest BCUT2D eigenvalue weighted by Gasteiger charge is 2.06. The average Bonchev–Trinajstić information content (AvgIpc) is 2.98. The molecule has 0 aliphatic carbocycles. The third-order valence-electron chi connectivity index (χ3n) is 3.16. The van der Waals surface area contributed by atoms with Gasteiger partial charge in [0.2, 0.25) is 0 Å². The maximum absolute atomic E-state index is 10.8. The topological polar surface area (TPSA) is 75.3 Å². The van der Waals surface area contributed by atoms with E-state index in [1.54, 1.807) is 54.9 Å². The van der Waals surface area contributed by atoms with Crippen LogP contribution < -0.4 is 0 Å². The number of aromatic hydroxyl groups is 1. The Hall–Kier alpha value is -3.08. The molecule has 2 N–H and O–H groups in total. The minimum atomic E-state index is -0.948. The van der Waals surface area contributed by atoms with Gasteiger partial charge in [-0.1, -0.05) is 12.1 Å². The van der Waals surface area contributed by atoms with Crippen molar-refractivity contribution in [1.82, 2.24) is 9.55 Å². The molecule has 5 heteroatoms. The van der Waals surface area contributed by atoms with E-state index in [-0.39, 0.29) is 11.3 Å². The molecule has 5 nitrogen and oxygen atoms in total. The summed E-state index contributed by atoms with van der Waals surface area (Å²) >= 11 is 0. The van der Waals surface area contributed by atoms with Crippen LogP contribution in [0.15, 0.2) is 61.1 Å². The van der Waals surface area contributed by atoms with Crippen LogP contribution >= 0.6 is 0 Å². The lowest BCUT2D eigenvalue weighted by Crippen LogP contribution is -1.94. The van der Waals surface area contributed by atoms with E-state index < -0.39 is 5.97 Å². The van der Waals surface area contributed by atoms with Gasteiger partial charge < -0.3 is 14.8 Å². The molecule has 0 radical (unpaired) electrons. The van der Waals surface area contributed by atoms with E-state index in [0.717, 1.165) is 16.9 Å². The standard InChI is InChI=1S/C16H12N2O3/c19-14-7-5-13(6-8-14)18-9-15(17-10-18)11-1-3-12(4-2-11)16(20)21/h1-10,19H,(H,20,21). The maximum atomic E-state index is 10.8. The summed E-state index contributed by atoms with van der Waals surface area (Å²) in [7, 11) is 0. The predicted octanol–water partition coefficient (Wildman–Crippen LogP) is 2.94. The number of nitrogens with zero attached hydrogens (tertiary/aromatic N) is 2. The summed E-state index contributed by atoms with van der Waals surface area (Å²) in [5, 5.41) is 18.2. The zero-order chi connectivity index (χ0) is 14.8. The lowest BCUT2D eigenvalue weighted by molar-refractivity contribution is 0.0697. The molecule has 3 aromatic rings. The van der Waals surface area contributed by atoms with Gasteiger partial charge in [-0.25, -0.2) is 9.78 Å². The molecule has 21 heavy (non-hydrogen) atoms. The minimum absolute atomic E-state index is 0.211. The lowest BCUT2D eigenvalue weighted by atomic mass is 10.1. The van der Waals surface area contributed by atoms with Crippen LogP contribution in [0.25, 0.3) is 16.9 Å². The summed E-state index contributed by atoms with van der Waals surface area (Å²) < 4.78 is 1.83. The molecule has 0 saturated heterocycles. The number of phenols is 1. The molecule has 0 amide bonds. The van der Waals surface area contributed by atoms with Crippen LogP contribution in [0.4, 0.5) is 0 Å². The Morgan fingerprint density at radius 3 is 2.29 bits per heavy atom. The van der Waals surface area contributed by atoms with Crippen molar-refractivity contribution >= 4 is 5.97 Å². The van der Waals surface area contributed by atoms with Crippen LogP contribution in [-0.2, 0) is 0 Å². The van der Waals surface area contributed by atoms with Gasteiger partial charge in [-0.15, -0.1) is 0 Å². The van der Waals surface area contributed by atoms with Gasteiger partial charge in [0.1, 0.15) is 5.75 Å². The van der Waals surface area contributed by atoms with Crippen LogP contribution in [0.1, 0.15) is 10.4 Å².